The van der Waals surface area contributed by atoms with Gasteiger partial charge in [0.1, 0.15) is 0 Å². The fraction of sp³-hybridized carbons (Fsp3) is 0.600. The third kappa shape index (κ3) is 2.68. The highest BCUT2D eigenvalue weighted by Gasteiger charge is 2.34. The Morgan fingerprint density at radius 2 is 1.72 bits per heavy atom. The minimum atomic E-state index is 0.686. The summed E-state index contributed by atoms with van der Waals surface area (Å²) >= 11 is 0. The first-order chi connectivity index (χ1) is 8.84. The summed E-state index contributed by atoms with van der Waals surface area (Å²) in [5.41, 5.74) is 8.27. The Balaban J connectivity index is 1.72. The van der Waals surface area contributed by atoms with Gasteiger partial charge in [0, 0.05) is 37.5 Å². The largest absolute Gasteiger partial charge is 0.398 e. The topological polar surface area (TPSA) is 38.5 Å². The van der Waals surface area contributed by atoms with E-state index in [1.807, 2.05) is 12.1 Å². The van der Waals surface area contributed by atoms with Crippen molar-refractivity contribution >= 4 is 5.69 Å². The molecule has 1 aliphatic carbocycles. The zero-order valence-electron chi connectivity index (χ0n) is 10.8. The fourth-order valence-corrected chi connectivity index (χ4v) is 2.85. The Kier molecular flexibility index (Phi) is 3.52. The predicted octanol–water partition coefficient (Wildman–Crippen LogP) is 2.41. The number of anilines is 1. The molecular formula is C15H22N2O. The van der Waals surface area contributed by atoms with Crippen LogP contribution in [0.3, 0.4) is 0 Å². The minimum absolute atomic E-state index is 0.686. The van der Waals surface area contributed by atoms with Gasteiger partial charge >= 0.3 is 0 Å². The maximum Gasteiger partial charge on any atom is 0.0480 e. The highest BCUT2D eigenvalue weighted by atomic mass is 16.5. The average molecular weight is 246 g/mol. The van der Waals surface area contributed by atoms with Gasteiger partial charge in [0.15, 0.2) is 0 Å². The van der Waals surface area contributed by atoms with E-state index in [-0.39, 0.29) is 0 Å². The molecule has 1 aromatic carbocycles. The average Bonchev–Trinajstić information content (AvgIpc) is 3.23. The molecule has 2 aliphatic rings. The Morgan fingerprint density at radius 3 is 2.39 bits per heavy atom. The number of ether oxygens (including phenoxy) is 1. The molecule has 3 nitrogen and oxygen atoms in total. The number of nitrogens with two attached hydrogens (primary N) is 1. The van der Waals surface area contributed by atoms with Crippen LogP contribution in [0, 0.1) is 0 Å². The van der Waals surface area contributed by atoms with Crippen molar-refractivity contribution in [3.05, 3.63) is 29.8 Å². The Labute approximate surface area is 109 Å². The molecular weight excluding hydrogens is 224 g/mol. The monoisotopic (exact) mass is 246 g/mol. The molecule has 0 bridgehead atoms. The SMILES string of the molecule is Nc1ccccc1CN(C1CCOCC1)C1CC1. The lowest BCUT2D eigenvalue weighted by Crippen LogP contribution is -2.40. The van der Waals surface area contributed by atoms with Gasteiger partial charge in [0.05, 0.1) is 0 Å². The lowest BCUT2D eigenvalue weighted by molar-refractivity contribution is 0.0277. The molecule has 1 aromatic rings. The van der Waals surface area contributed by atoms with Crippen molar-refractivity contribution in [2.75, 3.05) is 18.9 Å². The van der Waals surface area contributed by atoms with Crippen molar-refractivity contribution in [3.63, 3.8) is 0 Å². The van der Waals surface area contributed by atoms with E-state index < -0.39 is 0 Å². The van der Waals surface area contributed by atoms with E-state index in [1.165, 1.54) is 31.2 Å². The normalized spacial score (nSPS) is 21.4. The number of rotatable bonds is 4. The van der Waals surface area contributed by atoms with E-state index in [9.17, 15) is 0 Å². The van der Waals surface area contributed by atoms with Gasteiger partial charge in [-0.2, -0.15) is 0 Å². The maximum absolute atomic E-state index is 6.07. The highest BCUT2D eigenvalue weighted by molar-refractivity contribution is 5.46. The summed E-state index contributed by atoms with van der Waals surface area (Å²) in [6.45, 7) is 2.83. The van der Waals surface area contributed by atoms with E-state index >= 15 is 0 Å². The molecule has 3 heteroatoms. The van der Waals surface area contributed by atoms with Gasteiger partial charge in [-0.25, -0.2) is 0 Å². The highest BCUT2D eigenvalue weighted by Crippen LogP contribution is 2.33. The van der Waals surface area contributed by atoms with E-state index in [0.29, 0.717) is 6.04 Å². The summed E-state index contributed by atoms with van der Waals surface area (Å²) in [4.78, 5) is 2.66. The van der Waals surface area contributed by atoms with Gasteiger partial charge in [-0.15, -0.1) is 0 Å². The molecule has 1 saturated carbocycles. The number of benzene rings is 1. The number of nitrogens with zero attached hydrogens (tertiary/aromatic N) is 1. The number of hydrogen-bond acceptors (Lipinski definition) is 3. The first-order valence-corrected chi connectivity index (χ1v) is 7.01. The third-order valence-electron chi connectivity index (χ3n) is 4.08. The van der Waals surface area contributed by atoms with Crippen LogP contribution in [0.2, 0.25) is 0 Å². The van der Waals surface area contributed by atoms with Crippen LogP contribution in [-0.2, 0) is 11.3 Å². The molecule has 0 atom stereocenters. The van der Waals surface area contributed by atoms with Crippen LogP contribution >= 0.6 is 0 Å². The lowest BCUT2D eigenvalue weighted by Gasteiger charge is -2.34. The van der Waals surface area contributed by atoms with Gasteiger partial charge in [-0.05, 0) is 37.3 Å². The van der Waals surface area contributed by atoms with Crippen LogP contribution in [0.1, 0.15) is 31.2 Å². The van der Waals surface area contributed by atoms with E-state index in [1.54, 1.807) is 0 Å². The van der Waals surface area contributed by atoms with Crippen molar-refractivity contribution < 1.29 is 4.74 Å². The third-order valence-corrected chi connectivity index (χ3v) is 4.08. The van der Waals surface area contributed by atoms with Crippen LogP contribution in [0.15, 0.2) is 24.3 Å². The van der Waals surface area contributed by atoms with Crippen molar-refractivity contribution in [3.8, 4) is 0 Å². The summed E-state index contributed by atoms with van der Waals surface area (Å²) in [5.74, 6) is 0. The lowest BCUT2D eigenvalue weighted by atomic mass is 10.0. The summed E-state index contributed by atoms with van der Waals surface area (Å²) < 4.78 is 5.47. The Bertz CT molecular complexity index is 397. The van der Waals surface area contributed by atoms with E-state index in [4.69, 9.17) is 10.5 Å². The smallest absolute Gasteiger partial charge is 0.0480 e. The van der Waals surface area contributed by atoms with Crippen molar-refractivity contribution in [2.24, 2.45) is 0 Å². The maximum atomic E-state index is 6.07. The number of para-hydroxylation sites is 1. The fourth-order valence-electron chi connectivity index (χ4n) is 2.85. The second-order valence-electron chi connectivity index (χ2n) is 5.45. The van der Waals surface area contributed by atoms with Crippen molar-refractivity contribution in [1.82, 2.24) is 4.90 Å². The predicted molar refractivity (Wildman–Crippen MR) is 73.3 cm³/mol. The van der Waals surface area contributed by atoms with Gasteiger partial charge in [0.25, 0.3) is 0 Å². The van der Waals surface area contributed by atoms with Crippen LogP contribution < -0.4 is 5.73 Å². The van der Waals surface area contributed by atoms with Crippen LogP contribution in [0.25, 0.3) is 0 Å². The van der Waals surface area contributed by atoms with Crippen LogP contribution in [0.5, 0.6) is 0 Å². The number of nitrogen functional groups attached to an aromatic ring is 1. The molecule has 0 aromatic heterocycles. The van der Waals surface area contributed by atoms with Gasteiger partial charge in [0.2, 0.25) is 0 Å². The minimum Gasteiger partial charge on any atom is -0.398 e. The molecule has 0 unspecified atom stereocenters. The molecule has 0 spiro atoms. The molecule has 0 radical (unpaired) electrons. The molecule has 1 heterocycles. The van der Waals surface area contributed by atoms with Gasteiger partial charge in [-0.3, -0.25) is 4.90 Å². The quantitative estimate of drug-likeness (QED) is 0.829. The number of hydrogen-bond donors (Lipinski definition) is 1. The molecule has 98 valence electrons. The van der Waals surface area contributed by atoms with Crippen LogP contribution in [-0.4, -0.2) is 30.2 Å². The van der Waals surface area contributed by atoms with Gasteiger partial charge < -0.3 is 10.5 Å². The second kappa shape index (κ2) is 5.29. The van der Waals surface area contributed by atoms with Crippen molar-refractivity contribution in [1.29, 1.82) is 0 Å². The van der Waals surface area contributed by atoms with Crippen molar-refractivity contribution in [2.45, 2.75) is 44.3 Å². The molecule has 1 saturated heterocycles. The molecule has 1 aliphatic heterocycles. The van der Waals surface area contributed by atoms with E-state index in [2.05, 4.69) is 17.0 Å². The summed E-state index contributed by atoms with van der Waals surface area (Å²) in [7, 11) is 0. The zero-order chi connectivity index (χ0) is 12.4. The molecule has 18 heavy (non-hydrogen) atoms. The Hall–Kier alpha value is -1.06. The first kappa shape index (κ1) is 12.0. The zero-order valence-corrected chi connectivity index (χ0v) is 10.8. The van der Waals surface area contributed by atoms with Gasteiger partial charge in [-0.1, -0.05) is 18.2 Å². The first-order valence-electron chi connectivity index (χ1n) is 7.01. The molecule has 2 fully saturated rings. The summed E-state index contributed by atoms with van der Waals surface area (Å²) in [6, 6.07) is 9.72. The summed E-state index contributed by atoms with van der Waals surface area (Å²) in [5, 5.41) is 0. The molecule has 2 N–H and O–H groups in total. The standard InChI is InChI=1S/C15H22N2O/c16-15-4-2-1-3-12(15)11-17(13-5-6-13)14-7-9-18-10-8-14/h1-4,13-14H,5-11,16H2. The van der Waals surface area contributed by atoms with Crippen LogP contribution in [0.4, 0.5) is 5.69 Å². The Morgan fingerprint density at radius 1 is 1.06 bits per heavy atom. The summed E-state index contributed by atoms with van der Waals surface area (Å²) in [6.07, 6.45) is 5.04. The molecule has 0 amide bonds. The molecule has 3 rings (SSSR count). The van der Waals surface area contributed by atoms with E-state index in [0.717, 1.165) is 31.5 Å². The second-order valence-corrected chi connectivity index (χ2v) is 5.45.